The minimum Gasteiger partial charge on any atom is -0.306 e. The molecule has 0 heterocycles. The Hall–Kier alpha value is -2.02. The molecule has 0 atom stereocenters. The highest BCUT2D eigenvalue weighted by molar-refractivity contribution is 7.89. The van der Waals surface area contributed by atoms with Gasteiger partial charge in [-0.25, -0.2) is 8.42 Å². The van der Waals surface area contributed by atoms with Gasteiger partial charge in [-0.05, 0) is 24.6 Å². The number of aryl methyl sites for hydroxylation is 1. The van der Waals surface area contributed by atoms with Crippen LogP contribution in [0.4, 0.5) is 0 Å². The second-order valence-electron chi connectivity index (χ2n) is 6.13. The lowest BCUT2D eigenvalue weighted by Crippen LogP contribution is -2.30. The monoisotopic (exact) mass is 374 g/mol. The highest BCUT2D eigenvalue weighted by Crippen LogP contribution is 2.16. The number of ketones is 1. The van der Waals surface area contributed by atoms with Crippen molar-refractivity contribution in [3.05, 3.63) is 65.2 Å². The van der Waals surface area contributed by atoms with E-state index in [0.717, 1.165) is 5.56 Å². The zero-order valence-electron chi connectivity index (χ0n) is 15.5. The van der Waals surface area contributed by atoms with Gasteiger partial charge in [-0.3, -0.25) is 4.79 Å². The standard InChI is InChI=1S/C20H26N2O3S/c1-4-22(5-2)26(24,25)19-12-10-18(11-13-19)20(23)15-21-14-17-8-6-16(3)7-9-17/h6-13,21H,4-5,14-15H2,1-3H3. The number of sulfonamides is 1. The SMILES string of the molecule is CCN(CC)S(=O)(=O)c1ccc(C(=O)CNCc2ccc(C)cc2)cc1. The first kappa shape index (κ1) is 20.3. The van der Waals surface area contributed by atoms with Crippen molar-refractivity contribution >= 4 is 15.8 Å². The number of hydrogen-bond acceptors (Lipinski definition) is 4. The smallest absolute Gasteiger partial charge is 0.243 e. The normalized spacial score (nSPS) is 11.7. The van der Waals surface area contributed by atoms with Crippen LogP contribution in [0.3, 0.4) is 0 Å². The van der Waals surface area contributed by atoms with Crippen LogP contribution in [0, 0.1) is 6.92 Å². The van der Waals surface area contributed by atoms with Gasteiger partial charge in [-0.1, -0.05) is 55.8 Å². The number of hydrogen-bond donors (Lipinski definition) is 1. The van der Waals surface area contributed by atoms with Crippen molar-refractivity contribution in [1.82, 2.24) is 9.62 Å². The number of Topliss-reactive ketones (excluding diaryl/α,β-unsaturated/α-hetero) is 1. The summed E-state index contributed by atoms with van der Waals surface area (Å²) in [5.74, 6) is -0.0658. The zero-order chi connectivity index (χ0) is 19.2. The van der Waals surface area contributed by atoms with Gasteiger partial charge >= 0.3 is 0 Å². The number of carbonyl (C=O) groups excluding carboxylic acids is 1. The van der Waals surface area contributed by atoms with E-state index in [1.807, 2.05) is 31.2 Å². The van der Waals surface area contributed by atoms with Crippen LogP contribution in [0.5, 0.6) is 0 Å². The van der Waals surface area contributed by atoms with E-state index in [9.17, 15) is 13.2 Å². The molecule has 5 nitrogen and oxygen atoms in total. The summed E-state index contributed by atoms with van der Waals surface area (Å²) in [6.07, 6.45) is 0. The summed E-state index contributed by atoms with van der Waals surface area (Å²) in [6, 6.07) is 14.3. The fraction of sp³-hybridized carbons (Fsp3) is 0.350. The van der Waals surface area contributed by atoms with Gasteiger partial charge < -0.3 is 5.32 Å². The second-order valence-corrected chi connectivity index (χ2v) is 8.06. The average Bonchev–Trinajstić information content (AvgIpc) is 2.64. The van der Waals surface area contributed by atoms with Crippen molar-refractivity contribution in [1.29, 1.82) is 0 Å². The van der Waals surface area contributed by atoms with E-state index >= 15 is 0 Å². The largest absolute Gasteiger partial charge is 0.306 e. The predicted molar refractivity (Wildman–Crippen MR) is 104 cm³/mol. The van der Waals surface area contributed by atoms with Crippen LogP contribution in [-0.4, -0.2) is 38.1 Å². The number of nitrogens with one attached hydrogen (secondary N) is 1. The van der Waals surface area contributed by atoms with Gasteiger partial charge in [0.25, 0.3) is 0 Å². The van der Waals surface area contributed by atoms with Crippen LogP contribution >= 0.6 is 0 Å². The quantitative estimate of drug-likeness (QED) is 0.685. The average molecular weight is 375 g/mol. The molecule has 0 aromatic heterocycles. The molecule has 26 heavy (non-hydrogen) atoms. The van der Waals surface area contributed by atoms with E-state index in [4.69, 9.17) is 0 Å². The molecule has 0 spiro atoms. The van der Waals surface area contributed by atoms with E-state index in [-0.39, 0.29) is 17.2 Å². The molecule has 2 rings (SSSR count). The van der Waals surface area contributed by atoms with Crippen LogP contribution in [-0.2, 0) is 16.6 Å². The molecule has 0 unspecified atom stereocenters. The maximum atomic E-state index is 12.5. The summed E-state index contributed by atoms with van der Waals surface area (Å²) >= 11 is 0. The molecular weight excluding hydrogens is 348 g/mol. The third-order valence-electron chi connectivity index (χ3n) is 4.25. The molecule has 140 valence electrons. The first-order chi connectivity index (χ1) is 12.4. The Balaban J connectivity index is 1.97. The van der Waals surface area contributed by atoms with E-state index in [1.165, 1.54) is 22.0 Å². The number of benzene rings is 2. The molecule has 0 aliphatic carbocycles. The van der Waals surface area contributed by atoms with E-state index < -0.39 is 10.0 Å². The second kappa shape index (κ2) is 9.07. The third kappa shape index (κ3) is 5.00. The molecule has 6 heteroatoms. The first-order valence-corrected chi connectivity index (χ1v) is 10.2. The summed E-state index contributed by atoms with van der Waals surface area (Å²) in [5, 5.41) is 3.12. The molecule has 0 amide bonds. The highest BCUT2D eigenvalue weighted by Gasteiger charge is 2.21. The topological polar surface area (TPSA) is 66.5 Å². The molecule has 0 saturated heterocycles. The summed E-state index contributed by atoms with van der Waals surface area (Å²) in [4.78, 5) is 12.5. The molecule has 0 bridgehead atoms. The Morgan fingerprint density at radius 3 is 2.08 bits per heavy atom. The summed E-state index contributed by atoms with van der Waals surface area (Å²) < 4.78 is 26.3. The van der Waals surface area contributed by atoms with Crippen molar-refractivity contribution in [3.8, 4) is 0 Å². The lowest BCUT2D eigenvalue weighted by atomic mass is 10.1. The van der Waals surface area contributed by atoms with Gasteiger partial charge in [0.2, 0.25) is 10.0 Å². The molecule has 0 aliphatic rings. The fourth-order valence-corrected chi connectivity index (χ4v) is 4.11. The molecule has 0 fully saturated rings. The Labute approximate surface area is 156 Å². The summed E-state index contributed by atoms with van der Waals surface area (Å²) in [6.45, 7) is 7.30. The third-order valence-corrected chi connectivity index (χ3v) is 6.32. The molecule has 1 N–H and O–H groups in total. The van der Waals surface area contributed by atoms with Gasteiger partial charge in [0.1, 0.15) is 0 Å². The van der Waals surface area contributed by atoms with Gasteiger partial charge in [0, 0.05) is 25.2 Å². The lowest BCUT2D eigenvalue weighted by Gasteiger charge is -2.18. The van der Waals surface area contributed by atoms with Crippen LogP contribution in [0.1, 0.15) is 35.3 Å². The molecule has 0 aliphatic heterocycles. The van der Waals surface area contributed by atoms with Gasteiger partial charge in [0.15, 0.2) is 5.78 Å². The van der Waals surface area contributed by atoms with Crippen LogP contribution in [0.2, 0.25) is 0 Å². The molecule has 2 aromatic rings. The van der Waals surface area contributed by atoms with Crippen molar-refractivity contribution in [2.24, 2.45) is 0 Å². The molecule has 0 radical (unpaired) electrons. The van der Waals surface area contributed by atoms with Crippen LogP contribution < -0.4 is 5.32 Å². The number of carbonyl (C=O) groups is 1. The molecule has 2 aromatic carbocycles. The van der Waals surface area contributed by atoms with Crippen molar-refractivity contribution in [3.63, 3.8) is 0 Å². The van der Waals surface area contributed by atoms with Crippen LogP contribution in [0.25, 0.3) is 0 Å². The van der Waals surface area contributed by atoms with E-state index in [1.54, 1.807) is 26.0 Å². The van der Waals surface area contributed by atoms with E-state index in [2.05, 4.69) is 5.32 Å². The van der Waals surface area contributed by atoms with Gasteiger partial charge in [0.05, 0.1) is 11.4 Å². The Morgan fingerprint density at radius 2 is 1.54 bits per heavy atom. The Kier molecular flexibility index (Phi) is 7.08. The molecule has 0 saturated carbocycles. The fourth-order valence-electron chi connectivity index (χ4n) is 2.65. The van der Waals surface area contributed by atoms with Crippen molar-refractivity contribution in [2.45, 2.75) is 32.2 Å². The van der Waals surface area contributed by atoms with Crippen LogP contribution in [0.15, 0.2) is 53.4 Å². The van der Waals surface area contributed by atoms with Gasteiger partial charge in [-0.2, -0.15) is 4.31 Å². The number of nitrogens with zero attached hydrogens (tertiary/aromatic N) is 1. The minimum absolute atomic E-state index is 0.0658. The lowest BCUT2D eigenvalue weighted by molar-refractivity contribution is 0.0990. The number of rotatable bonds is 9. The Morgan fingerprint density at radius 1 is 0.962 bits per heavy atom. The predicted octanol–water partition coefficient (Wildman–Crippen LogP) is 3.00. The first-order valence-electron chi connectivity index (χ1n) is 8.78. The highest BCUT2D eigenvalue weighted by atomic mass is 32.2. The van der Waals surface area contributed by atoms with E-state index in [0.29, 0.717) is 25.2 Å². The van der Waals surface area contributed by atoms with Gasteiger partial charge in [-0.15, -0.1) is 0 Å². The summed E-state index contributed by atoms with van der Waals surface area (Å²) in [7, 11) is -3.49. The Bertz CT molecular complexity index is 824. The molecular formula is C20H26N2O3S. The minimum atomic E-state index is -3.49. The summed E-state index contributed by atoms with van der Waals surface area (Å²) in [5.41, 5.74) is 2.81. The van der Waals surface area contributed by atoms with Crippen molar-refractivity contribution in [2.75, 3.05) is 19.6 Å². The maximum Gasteiger partial charge on any atom is 0.243 e. The zero-order valence-corrected chi connectivity index (χ0v) is 16.3. The van der Waals surface area contributed by atoms with Crippen molar-refractivity contribution < 1.29 is 13.2 Å². The maximum absolute atomic E-state index is 12.5.